The minimum Gasteiger partial charge on any atom is -0.381 e. The maximum atomic E-state index is 8.86. The predicted octanol–water partition coefficient (Wildman–Crippen LogP) is 2.38. The Bertz CT molecular complexity index is 601. The SMILES string of the molecule is N#Cc1nc2c(nc1N)SC(c1cccs1)C2. The third kappa shape index (κ3) is 1.77. The third-order valence-corrected chi connectivity index (χ3v) is 4.95. The summed E-state index contributed by atoms with van der Waals surface area (Å²) in [7, 11) is 0. The van der Waals surface area contributed by atoms with Crippen LogP contribution in [0, 0.1) is 11.3 Å². The van der Waals surface area contributed by atoms with Gasteiger partial charge in [0.15, 0.2) is 11.5 Å². The van der Waals surface area contributed by atoms with Crippen molar-refractivity contribution in [1.82, 2.24) is 9.97 Å². The Morgan fingerprint density at radius 3 is 3.06 bits per heavy atom. The number of hydrogen-bond donors (Lipinski definition) is 1. The largest absolute Gasteiger partial charge is 0.381 e. The number of rotatable bonds is 1. The first-order valence-electron chi connectivity index (χ1n) is 5.04. The van der Waals surface area contributed by atoms with Crippen molar-refractivity contribution in [3.05, 3.63) is 33.8 Å². The van der Waals surface area contributed by atoms with Gasteiger partial charge in [0, 0.05) is 11.3 Å². The lowest BCUT2D eigenvalue weighted by atomic mass is 10.2. The molecule has 0 saturated carbocycles. The Morgan fingerprint density at radius 1 is 1.47 bits per heavy atom. The van der Waals surface area contributed by atoms with Gasteiger partial charge >= 0.3 is 0 Å². The smallest absolute Gasteiger partial charge is 0.183 e. The molecule has 1 aliphatic rings. The molecule has 0 bridgehead atoms. The fourth-order valence-electron chi connectivity index (χ4n) is 1.76. The molecule has 0 amide bonds. The molecule has 2 N–H and O–H groups in total. The van der Waals surface area contributed by atoms with Crippen LogP contribution in [0.3, 0.4) is 0 Å². The van der Waals surface area contributed by atoms with Crippen LogP contribution < -0.4 is 5.73 Å². The van der Waals surface area contributed by atoms with E-state index in [2.05, 4.69) is 21.4 Å². The standard InChI is InChI=1S/C11H8N4S2/c12-5-7-10(13)15-11-6(14-7)4-9(17-11)8-2-1-3-16-8/h1-3,9H,4H2,(H2,13,15). The summed E-state index contributed by atoms with van der Waals surface area (Å²) >= 11 is 3.41. The highest BCUT2D eigenvalue weighted by Crippen LogP contribution is 2.46. The summed E-state index contributed by atoms with van der Waals surface area (Å²) in [4.78, 5) is 9.82. The number of nitriles is 1. The highest BCUT2D eigenvalue weighted by Gasteiger charge is 2.28. The van der Waals surface area contributed by atoms with Crippen LogP contribution in [0.15, 0.2) is 22.5 Å². The minimum atomic E-state index is 0.227. The van der Waals surface area contributed by atoms with E-state index in [1.165, 1.54) is 4.88 Å². The van der Waals surface area contributed by atoms with Crippen LogP contribution in [0.2, 0.25) is 0 Å². The van der Waals surface area contributed by atoms with Crippen molar-refractivity contribution in [3.63, 3.8) is 0 Å². The van der Waals surface area contributed by atoms with Gasteiger partial charge in [-0.25, -0.2) is 9.97 Å². The molecule has 3 rings (SSSR count). The molecule has 84 valence electrons. The van der Waals surface area contributed by atoms with Crippen molar-refractivity contribution >= 4 is 28.9 Å². The zero-order valence-electron chi connectivity index (χ0n) is 8.75. The number of thiophene rings is 1. The Labute approximate surface area is 107 Å². The van der Waals surface area contributed by atoms with E-state index < -0.39 is 0 Å². The minimum absolute atomic E-state index is 0.227. The molecular weight excluding hydrogens is 252 g/mol. The molecule has 6 heteroatoms. The fraction of sp³-hybridized carbons (Fsp3) is 0.182. The van der Waals surface area contributed by atoms with E-state index in [-0.39, 0.29) is 11.5 Å². The van der Waals surface area contributed by atoms with Gasteiger partial charge in [0.2, 0.25) is 0 Å². The Kier molecular flexibility index (Phi) is 2.50. The lowest BCUT2D eigenvalue weighted by Crippen LogP contribution is -2.01. The molecule has 1 aliphatic heterocycles. The normalized spacial score (nSPS) is 17.7. The first kappa shape index (κ1) is 10.6. The quantitative estimate of drug-likeness (QED) is 0.852. The number of hydrogen-bond acceptors (Lipinski definition) is 6. The molecule has 2 aromatic rings. The summed E-state index contributed by atoms with van der Waals surface area (Å²) in [5.41, 5.74) is 6.78. The molecule has 0 aliphatic carbocycles. The summed E-state index contributed by atoms with van der Waals surface area (Å²) in [5, 5.41) is 12.1. The van der Waals surface area contributed by atoms with Crippen LogP contribution in [0.1, 0.15) is 21.5 Å². The van der Waals surface area contributed by atoms with Gasteiger partial charge in [-0.1, -0.05) is 17.8 Å². The Balaban J connectivity index is 1.97. The van der Waals surface area contributed by atoms with Crippen LogP contribution in [0.5, 0.6) is 0 Å². The van der Waals surface area contributed by atoms with Crippen molar-refractivity contribution in [1.29, 1.82) is 5.26 Å². The van der Waals surface area contributed by atoms with E-state index >= 15 is 0 Å². The van der Waals surface area contributed by atoms with Crippen LogP contribution in [-0.4, -0.2) is 9.97 Å². The van der Waals surface area contributed by atoms with E-state index in [4.69, 9.17) is 11.0 Å². The second-order valence-electron chi connectivity index (χ2n) is 3.65. The summed E-state index contributed by atoms with van der Waals surface area (Å²) in [6.07, 6.45) is 0.822. The molecule has 0 aromatic carbocycles. The van der Waals surface area contributed by atoms with Crippen LogP contribution >= 0.6 is 23.1 Å². The average molecular weight is 260 g/mol. The molecule has 0 saturated heterocycles. The monoisotopic (exact) mass is 260 g/mol. The van der Waals surface area contributed by atoms with Crippen LogP contribution in [0.25, 0.3) is 0 Å². The van der Waals surface area contributed by atoms with Crippen molar-refractivity contribution in [2.45, 2.75) is 16.7 Å². The van der Waals surface area contributed by atoms with E-state index in [0.717, 1.165) is 17.1 Å². The van der Waals surface area contributed by atoms with E-state index in [1.54, 1.807) is 23.1 Å². The summed E-state index contributed by atoms with van der Waals surface area (Å²) in [6, 6.07) is 6.12. The number of anilines is 1. The third-order valence-electron chi connectivity index (χ3n) is 2.56. The summed E-state index contributed by atoms with van der Waals surface area (Å²) in [6.45, 7) is 0. The Morgan fingerprint density at radius 2 is 2.35 bits per heavy atom. The highest BCUT2D eigenvalue weighted by atomic mass is 32.2. The maximum Gasteiger partial charge on any atom is 0.183 e. The first-order valence-corrected chi connectivity index (χ1v) is 6.80. The molecule has 4 nitrogen and oxygen atoms in total. The Hall–Kier alpha value is -1.58. The molecular formula is C11H8N4S2. The molecule has 17 heavy (non-hydrogen) atoms. The molecule has 1 atom stereocenters. The maximum absolute atomic E-state index is 8.86. The number of nitrogen functional groups attached to an aromatic ring is 1. The number of aromatic nitrogens is 2. The zero-order valence-corrected chi connectivity index (χ0v) is 10.4. The lowest BCUT2D eigenvalue weighted by Gasteiger charge is -2.02. The molecule has 3 heterocycles. The zero-order chi connectivity index (χ0) is 11.8. The van der Waals surface area contributed by atoms with Crippen LogP contribution in [0.4, 0.5) is 5.82 Å². The van der Waals surface area contributed by atoms with Gasteiger partial charge in [-0.05, 0) is 11.4 Å². The number of fused-ring (bicyclic) bond motifs is 1. The lowest BCUT2D eigenvalue weighted by molar-refractivity contribution is 0.884. The van der Waals surface area contributed by atoms with Gasteiger partial charge in [0.05, 0.1) is 10.9 Å². The fourth-order valence-corrected chi connectivity index (χ4v) is 3.90. The highest BCUT2D eigenvalue weighted by molar-refractivity contribution is 7.99. The summed E-state index contributed by atoms with van der Waals surface area (Å²) < 4.78 is 0. The predicted molar refractivity (Wildman–Crippen MR) is 67.8 cm³/mol. The van der Waals surface area contributed by atoms with E-state index in [9.17, 15) is 0 Å². The van der Waals surface area contributed by atoms with E-state index in [1.807, 2.05) is 12.1 Å². The van der Waals surface area contributed by atoms with Gasteiger partial charge in [0.25, 0.3) is 0 Å². The van der Waals surface area contributed by atoms with Gasteiger partial charge in [0.1, 0.15) is 11.1 Å². The molecule has 0 fully saturated rings. The van der Waals surface area contributed by atoms with E-state index in [0.29, 0.717) is 5.25 Å². The topological polar surface area (TPSA) is 75.6 Å². The van der Waals surface area contributed by atoms with Gasteiger partial charge < -0.3 is 5.73 Å². The van der Waals surface area contributed by atoms with Crippen LogP contribution in [-0.2, 0) is 6.42 Å². The summed E-state index contributed by atoms with van der Waals surface area (Å²) in [5.74, 6) is 0.227. The van der Waals surface area contributed by atoms with Gasteiger partial charge in [-0.3, -0.25) is 0 Å². The molecule has 0 spiro atoms. The second kappa shape index (κ2) is 4.02. The van der Waals surface area contributed by atoms with Crippen molar-refractivity contribution in [2.24, 2.45) is 0 Å². The number of thioether (sulfide) groups is 1. The first-order chi connectivity index (χ1) is 8.28. The van der Waals surface area contributed by atoms with Gasteiger partial charge in [-0.2, -0.15) is 5.26 Å². The number of nitrogens with zero attached hydrogens (tertiary/aromatic N) is 3. The van der Waals surface area contributed by atoms with Crippen molar-refractivity contribution < 1.29 is 0 Å². The molecule has 1 unspecified atom stereocenters. The van der Waals surface area contributed by atoms with Crippen molar-refractivity contribution in [3.8, 4) is 6.07 Å². The van der Waals surface area contributed by atoms with Gasteiger partial charge in [-0.15, -0.1) is 11.3 Å². The number of nitrogens with two attached hydrogens (primary N) is 1. The average Bonchev–Trinajstić information content (AvgIpc) is 2.95. The molecule has 2 aromatic heterocycles. The van der Waals surface area contributed by atoms with Crippen molar-refractivity contribution in [2.75, 3.05) is 5.73 Å². The second-order valence-corrected chi connectivity index (χ2v) is 5.82. The molecule has 0 radical (unpaired) electrons.